The van der Waals surface area contributed by atoms with Gasteiger partial charge in [0, 0.05) is 23.9 Å². The highest BCUT2D eigenvalue weighted by Gasteiger charge is 2.27. The van der Waals surface area contributed by atoms with Crippen LogP contribution in [0.15, 0.2) is 42.5 Å². The summed E-state index contributed by atoms with van der Waals surface area (Å²) < 4.78 is 5.15. The van der Waals surface area contributed by atoms with Gasteiger partial charge in [-0.2, -0.15) is 0 Å². The molecule has 2 rings (SSSR count). The van der Waals surface area contributed by atoms with E-state index in [9.17, 15) is 30.0 Å². The molecule has 1 amide bonds. The Kier molecular flexibility index (Phi) is 6.71. The summed E-state index contributed by atoms with van der Waals surface area (Å²) in [5.74, 6) is -2.56. The van der Waals surface area contributed by atoms with Crippen LogP contribution >= 0.6 is 0 Å². The zero-order valence-electron chi connectivity index (χ0n) is 16.2. The van der Waals surface area contributed by atoms with E-state index in [1.807, 2.05) is 0 Å². The number of rotatable bonds is 6. The first kappa shape index (κ1) is 21.6. The number of hydrogen-bond acceptors (Lipinski definition) is 7. The minimum Gasteiger partial charge on any atom is -0.504 e. The minimum atomic E-state index is -1.11. The Morgan fingerprint density at radius 3 is 2.03 bits per heavy atom. The van der Waals surface area contributed by atoms with Crippen molar-refractivity contribution in [3.05, 3.63) is 48.0 Å². The fourth-order valence-electron chi connectivity index (χ4n) is 2.61. The van der Waals surface area contributed by atoms with E-state index in [2.05, 4.69) is 0 Å². The van der Waals surface area contributed by atoms with Gasteiger partial charge in [0.1, 0.15) is 0 Å². The van der Waals surface area contributed by atoms with Gasteiger partial charge in [0.15, 0.2) is 29.1 Å². The molecule has 1 unspecified atom stereocenters. The Labute approximate surface area is 167 Å². The first-order valence-electron chi connectivity index (χ1n) is 8.86. The third-order valence-corrected chi connectivity index (χ3v) is 4.04. The van der Waals surface area contributed by atoms with Crippen molar-refractivity contribution < 1.29 is 34.8 Å². The Morgan fingerprint density at radius 1 is 0.897 bits per heavy atom. The molecule has 154 valence electrons. The summed E-state index contributed by atoms with van der Waals surface area (Å²) >= 11 is 0. The fraction of sp³-hybridized carbons (Fsp3) is 0.238. The summed E-state index contributed by atoms with van der Waals surface area (Å²) in [6.07, 6.45) is 1.36. The molecule has 0 aliphatic heterocycles. The molecule has 0 spiro atoms. The number of anilines is 1. The first-order valence-corrected chi connectivity index (χ1v) is 8.86. The van der Waals surface area contributed by atoms with E-state index in [4.69, 9.17) is 4.74 Å². The average molecular weight is 401 g/mol. The topological polar surface area (TPSA) is 128 Å². The molecule has 2 aromatic carbocycles. The number of nitrogens with zero attached hydrogens (tertiary/aromatic N) is 1. The summed E-state index contributed by atoms with van der Waals surface area (Å²) in [7, 11) is 0. The van der Waals surface area contributed by atoms with E-state index < -0.39 is 18.0 Å². The number of esters is 1. The van der Waals surface area contributed by atoms with E-state index in [0.717, 1.165) is 6.08 Å². The van der Waals surface area contributed by atoms with Crippen LogP contribution in [0.5, 0.6) is 23.0 Å². The molecule has 8 nitrogen and oxygen atoms in total. The maximum Gasteiger partial charge on any atom is 0.331 e. The zero-order valence-corrected chi connectivity index (χ0v) is 16.2. The number of phenolic OH excluding ortho intramolecular Hbond substituents is 4. The first-order chi connectivity index (χ1) is 13.6. The Hall–Kier alpha value is -3.68. The highest BCUT2D eigenvalue weighted by Crippen LogP contribution is 2.31. The maximum absolute atomic E-state index is 12.8. The van der Waals surface area contributed by atoms with E-state index in [1.54, 1.807) is 13.8 Å². The van der Waals surface area contributed by atoms with Crippen LogP contribution in [0, 0.1) is 0 Å². The van der Waals surface area contributed by atoms with Crippen LogP contribution in [0.3, 0.4) is 0 Å². The van der Waals surface area contributed by atoms with Crippen LogP contribution in [0.25, 0.3) is 6.08 Å². The van der Waals surface area contributed by atoms with Gasteiger partial charge in [-0.25, -0.2) is 4.79 Å². The molecular weight excluding hydrogens is 378 g/mol. The summed E-state index contributed by atoms with van der Waals surface area (Å²) in [4.78, 5) is 26.2. The molecule has 29 heavy (non-hydrogen) atoms. The SMILES string of the molecule is CC(OC(=O)C=Cc1ccc(O)c(O)c1)C(=O)N(c1ccc(O)c(O)c1)C(C)C. The molecule has 0 saturated carbocycles. The third-order valence-electron chi connectivity index (χ3n) is 4.04. The summed E-state index contributed by atoms with van der Waals surface area (Å²) in [5, 5.41) is 37.9. The van der Waals surface area contributed by atoms with Gasteiger partial charge in [-0.3, -0.25) is 4.79 Å². The smallest absolute Gasteiger partial charge is 0.331 e. The number of ether oxygens (including phenoxy) is 1. The molecule has 2 aromatic rings. The molecule has 0 saturated heterocycles. The van der Waals surface area contributed by atoms with Gasteiger partial charge in [0.05, 0.1) is 0 Å². The number of carbonyl (C=O) groups is 2. The van der Waals surface area contributed by atoms with E-state index in [1.165, 1.54) is 54.3 Å². The molecule has 4 N–H and O–H groups in total. The second-order valence-electron chi connectivity index (χ2n) is 6.64. The number of benzene rings is 2. The molecule has 0 aliphatic rings. The second-order valence-corrected chi connectivity index (χ2v) is 6.64. The Balaban J connectivity index is 2.10. The van der Waals surface area contributed by atoms with Gasteiger partial charge < -0.3 is 30.1 Å². The van der Waals surface area contributed by atoms with Gasteiger partial charge in [0.25, 0.3) is 5.91 Å². The third kappa shape index (κ3) is 5.41. The Morgan fingerprint density at radius 2 is 1.48 bits per heavy atom. The van der Waals surface area contributed by atoms with Gasteiger partial charge in [-0.15, -0.1) is 0 Å². The molecule has 0 heterocycles. The number of aromatic hydroxyl groups is 4. The van der Waals surface area contributed by atoms with Crippen molar-refractivity contribution >= 4 is 23.6 Å². The van der Waals surface area contributed by atoms with E-state index >= 15 is 0 Å². The summed E-state index contributed by atoms with van der Waals surface area (Å²) in [6.45, 7) is 4.94. The van der Waals surface area contributed by atoms with E-state index in [0.29, 0.717) is 11.3 Å². The zero-order chi connectivity index (χ0) is 21.7. The summed E-state index contributed by atoms with van der Waals surface area (Å²) in [5.41, 5.74) is 0.804. The monoisotopic (exact) mass is 401 g/mol. The van der Waals surface area contributed by atoms with Crippen LogP contribution in [0.1, 0.15) is 26.3 Å². The van der Waals surface area contributed by atoms with Crippen molar-refractivity contribution in [3.8, 4) is 23.0 Å². The minimum absolute atomic E-state index is 0.280. The van der Waals surface area contributed by atoms with Crippen LogP contribution in [0.4, 0.5) is 5.69 Å². The molecule has 0 aliphatic carbocycles. The molecule has 8 heteroatoms. The fourth-order valence-corrected chi connectivity index (χ4v) is 2.61. The molecule has 0 radical (unpaired) electrons. The van der Waals surface area contributed by atoms with Crippen molar-refractivity contribution in [2.75, 3.05) is 4.90 Å². The van der Waals surface area contributed by atoms with Crippen molar-refractivity contribution in [2.24, 2.45) is 0 Å². The number of amides is 1. The molecule has 0 bridgehead atoms. The van der Waals surface area contributed by atoms with Crippen LogP contribution in [0.2, 0.25) is 0 Å². The highest BCUT2D eigenvalue weighted by molar-refractivity contribution is 5.99. The quantitative estimate of drug-likeness (QED) is 0.333. The lowest BCUT2D eigenvalue weighted by molar-refractivity contribution is -0.149. The predicted molar refractivity (Wildman–Crippen MR) is 107 cm³/mol. The van der Waals surface area contributed by atoms with Crippen molar-refractivity contribution in [1.82, 2.24) is 0 Å². The van der Waals surface area contributed by atoms with E-state index in [-0.39, 0.29) is 29.0 Å². The second kappa shape index (κ2) is 9.01. The van der Waals surface area contributed by atoms with Gasteiger partial charge in [-0.1, -0.05) is 6.07 Å². The van der Waals surface area contributed by atoms with Gasteiger partial charge in [-0.05, 0) is 56.7 Å². The summed E-state index contributed by atoms with van der Waals surface area (Å²) in [6, 6.07) is 7.72. The highest BCUT2D eigenvalue weighted by atomic mass is 16.5. The molecule has 0 aromatic heterocycles. The lowest BCUT2D eigenvalue weighted by Crippen LogP contribution is -2.44. The predicted octanol–water partition coefficient (Wildman–Crippen LogP) is 2.90. The number of phenols is 4. The number of carbonyl (C=O) groups excluding carboxylic acids is 2. The van der Waals surface area contributed by atoms with Crippen molar-refractivity contribution in [1.29, 1.82) is 0 Å². The lowest BCUT2D eigenvalue weighted by Gasteiger charge is -2.29. The maximum atomic E-state index is 12.8. The van der Waals surface area contributed by atoms with Crippen LogP contribution in [-0.2, 0) is 14.3 Å². The number of hydrogen-bond donors (Lipinski definition) is 4. The molecular formula is C21H23NO7. The van der Waals surface area contributed by atoms with Gasteiger partial charge in [0.2, 0.25) is 0 Å². The van der Waals surface area contributed by atoms with Crippen molar-refractivity contribution in [2.45, 2.75) is 32.9 Å². The molecule has 0 fully saturated rings. The average Bonchev–Trinajstić information content (AvgIpc) is 2.65. The molecule has 1 atom stereocenters. The van der Waals surface area contributed by atoms with Crippen LogP contribution in [-0.4, -0.2) is 44.4 Å². The standard InChI is InChI=1S/C21H23NO7/c1-12(2)22(15-6-8-17(24)19(26)11-15)21(28)13(3)29-20(27)9-5-14-4-7-16(23)18(25)10-14/h4-13,23-26H,1-3H3. The van der Waals surface area contributed by atoms with Gasteiger partial charge >= 0.3 is 5.97 Å². The van der Waals surface area contributed by atoms with Crippen LogP contribution < -0.4 is 4.90 Å². The lowest BCUT2D eigenvalue weighted by atomic mass is 10.2. The largest absolute Gasteiger partial charge is 0.504 e. The van der Waals surface area contributed by atoms with Crippen molar-refractivity contribution in [3.63, 3.8) is 0 Å². The Bertz CT molecular complexity index is 937. The normalized spacial score (nSPS) is 12.1.